The number of nitrogens with one attached hydrogen (secondary N) is 2. The van der Waals surface area contributed by atoms with Gasteiger partial charge in [0, 0.05) is 11.3 Å². The molecule has 0 aliphatic carbocycles. The third kappa shape index (κ3) is 7.40. The van der Waals surface area contributed by atoms with E-state index in [-0.39, 0.29) is 11.6 Å². The molecule has 0 saturated heterocycles. The van der Waals surface area contributed by atoms with Gasteiger partial charge in [0.25, 0.3) is 11.8 Å². The molecule has 0 spiro atoms. The van der Waals surface area contributed by atoms with Crippen LogP contribution in [0.1, 0.15) is 57.2 Å². The first kappa shape index (κ1) is 25.4. The van der Waals surface area contributed by atoms with Gasteiger partial charge in [-0.3, -0.25) is 9.59 Å². The van der Waals surface area contributed by atoms with Crippen molar-refractivity contribution in [1.29, 1.82) is 0 Å². The molecule has 0 aromatic heterocycles. The van der Waals surface area contributed by atoms with Crippen LogP contribution in [0.15, 0.2) is 78.5 Å². The highest BCUT2D eigenvalue weighted by Crippen LogP contribution is 2.14. The van der Waals surface area contributed by atoms with Crippen molar-refractivity contribution in [3.05, 3.63) is 106 Å². The first-order valence-corrected chi connectivity index (χ1v) is 11.6. The lowest BCUT2D eigenvalue weighted by Gasteiger charge is -2.12. The molecule has 3 rings (SSSR count). The molecule has 3 aromatic rings. The van der Waals surface area contributed by atoms with Crippen LogP contribution in [-0.2, 0) is 16.0 Å². The fourth-order valence-corrected chi connectivity index (χ4v) is 3.39. The van der Waals surface area contributed by atoms with E-state index in [1.807, 2.05) is 43.3 Å². The number of amides is 2. The molecule has 0 saturated carbocycles. The molecule has 2 N–H and O–H groups in total. The number of hydrogen-bond donors (Lipinski definition) is 2. The van der Waals surface area contributed by atoms with Gasteiger partial charge in [0.05, 0.1) is 12.7 Å². The van der Waals surface area contributed by atoms with E-state index >= 15 is 0 Å². The van der Waals surface area contributed by atoms with Crippen molar-refractivity contribution in [3.63, 3.8) is 0 Å². The van der Waals surface area contributed by atoms with Gasteiger partial charge in [-0.1, -0.05) is 55.3 Å². The molecule has 0 fully saturated rings. The predicted molar refractivity (Wildman–Crippen MR) is 138 cm³/mol. The smallest absolute Gasteiger partial charge is 0.337 e. The van der Waals surface area contributed by atoms with Gasteiger partial charge in [0.1, 0.15) is 5.70 Å². The van der Waals surface area contributed by atoms with Crippen molar-refractivity contribution in [2.24, 2.45) is 0 Å². The molecule has 6 nitrogen and oxygen atoms in total. The van der Waals surface area contributed by atoms with E-state index < -0.39 is 11.9 Å². The summed E-state index contributed by atoms with van der Waals surface area (Å²) in [5.41, 5.74) is 4.46. The second-order valence-corrected chi connectivity index (χ2v) is 8.25. The summed E-state index contributed by atoms with van der Waals surface area (Å²) >= 11 is 0. The van der Waals surface area contributed by atoms with Gasteiger partial charge >= 0.3 is 5.97 Å². The molecule has 35 heavy (non-hydrogen) atoms. The molecule has 0 atom stereocenters. The van der Waals surface area contributed by atoms with E-state index in [4.69, 9.17) is 4.74 Å². The minimum Gasteiger partial charge on any atom is -0.465 e. The van der Waals surface area contributed by atoms with Crippen molar-refractivity contribution < 1.29 is 19.1 Å². The van der Waals surface area contributed by atoms with Gasteiger partial charge in [-0.15, -0.1) is 0 Å². The highest BCUT2D eigenvalue weighted by Gasteiger charge is 2.16. The lowest BCUT2D eigenvalue weighted by molar-refractivity contribution is -0.113. The maximum atomic E-state index is 13.1. The summed E-state index contributed by atoms with van der Waals surface area (Å²) in [6, 6.07) is 21.4. The van der Waals surface area contributed by atoms with Gasteiger partial charge in [0.2, 0.25) is 0 Å². The number of aryl methyl sites for hydroxylation is 2. The topological polar surface area (TPSA) is 84.5 Å². The van der Waals surface area contributed by atoms with Crippen LogP contribution in [-0.4, -0.2) is 24.9 Å². The Morgan fingerprint density at radius 2 is 1.49 bits per heavy atom. The Morgan fingerprint density at radius 1 is 0.857 bits per heavy atom. The molecule has 0 radical (unpaired) electrons. The largest absolute Gasteiger partial charge is 0.465 e. The lowest BCUT2D eigenvalue weighted by Crippen LogP contribution is -2.30. The minimum atomic E-state index is -0.482. The van der Waals surface area contributed by atoms with Crippen LogP contribution in [0.3, 0.4) is 0 Å². The third-order valence-corrected chi connectivity index (χ3v) is 5.48. The van der Waals surface area contributed by atoms with Gasteiger partial charge in [-0.05, 0) is 73.4 Å². The molecule has 0 heterocycles. The Bertz CT molecular complexity index is 1190. The van der Waals surface area contributed by atoms with Gasteiger partial charge < -0.3 is 15.4 Å². The average molecular weight is 471 g/mol. The molecule has 0 aliphatic rings. The number of benzene rings is 3. The van der Waals surface area contributed by atoms with E-state index in [1.165, 1.54) is 12.7 Å². The van der Waals surface area contributed by atoms with E-state index in [1.54, 1.807) is 42.5 Å². The van der Waals surface area contributed by atoms with Crippen LogP contribution in [0, 0.1) is 6.92 Å². The highest BCUT2D eigenvalue weighted by atomic mass is 16.5. The van der Waals surface area contributed by atoms with E-state index in [0.717, 1.165) is 30.4 Å². The SMILES string of the molecule is CCCCc1ccc(C(=O)NC(=Cc2ccc(C)cc2)C(=O)Nc2ccc(C(=O)OC)cc2)cc1. The molecule has 0 bridgehead atoms. The zero-order valence-corrected chi connectivity index (χ0v) is 20.3. The quantitative estimate of drug-likeness (QED) is 0.318. The molecule has 180 valence electrons. The number of ether oxygens (including phenoxy) is 1. The normalized spacial score (nSPS) is 11.0. The summed E-state index contributed by atoms with van der Waals surface area (Å²) in [6.45, 7) is 4.12. The first-order chi connectivity index (χ1) is 16.9. The summed E-state index contributed by atoms with van der Waals surface area (Å²) in [4.78, 5) is 37.7. The predicted octanol–water partition coefficient (Wildman–Crippen LogP) is 5.53. The number of methoxy groups -OCH3 is 1. The summed E-state index contributed by atoms with van der Waals surface area (Å²) in [5, 5.41) is 5.53. The summed E-state index contributed by atoms with van der Waals surface area (Å²) in [5.74, 6) is -1.32. The Morgan fingerprint density at radius 3 is 2.09 bits per heavy atom. The average Bonchev–Trinajstić information content (AvgIpc) is 2.88. The second-order valence-electron chi connectivity index (χ2n) is 8.25. The molecule has 2 amide bonds. The number of hydrogen-bond acceptors (Lipinski definition) is 4. The van der Waals surface area contributed by atoms with Gasteiger partial charge in [-0.25, -0.2) is 4.79 Å². The molecule has 6 heteroatoms. The van der Waals surface area contributed by atoms with E-state index in [9.17, 15) is 14.4 Å². The van der Waals surface area contributed by atoms with Crippen molar-refractivity contribution in [3.8, 4) is 0 Å². The van der Waals surface area contributed by atoms with E-state index in [0.29, 0.717) is 16.8 Å². The van der Waals surface area contributed by atoms with Crippen molar-refractivity contribution in [1.82, 2.24) is 5.32 Å². The van der Waals surface area contributed by atoms with Crippen LogP contribution < -0.4 is 10.6 Å². The zero-order chi connectivity index (χ0) is 25.2. The van der Waals surface area contributed by atoms with Crippen molar-refractivity contribution in [2.45, 2.75) is 33.1 Å². The molecular formula is C29H30N2O4. The Kier molecular flexibility index (Phi) is 8.95. The Hall–Kier alpha value is -4.19. The molecule has 0 aliphatic heterocycles. The fourth-order valence-electron chi connectivity index (χ4n) is 3.39. The maximum Gasteiger partial charge on any atom is 0.337 e. The van der Waals surface area contributed by atoms with Crippen LogP contribution in [0.25, 0.3) is 6.08 Å². The molecule has 3 aromatic carbocycles. The Labute approximate surface area is 206 Å². The summed E-state index contributed by atoms with van der Waals surface area (Å²) in [7, 11) is 1.31. The minimum absolute atomic E-state index is 0.103. The second kappa shape index (κ2) is 12.3. The van der Waals surface area contributed by atoms with Gasteiger partial charge in [0.15, 0.2) is 0 Å². The number of rotatable bonds is 9. The summed E-state index contributed by atoms with van der Waals surface area (Å²) in [6.07, 6.45) is 4.80. The van der Waals surface area contributed by atoms with Crippen LogP contribution in [0.5, 0.6) is 0 Å². The fraction of sp³-hybridized carbons (Fsp3) is 0.207. The van der Waals surface area contributed by atoms with Crippen LogP contribution in [0.2, 0.25) is 0 Å². The van der Waals surface area contributed by atoms with Crippen LogP contribution >= 0.6 is 0 Å². The van der Waals surface area contributed by atoms with E-state index in [2.05, 4.69) is 17.6 Å². The standard InChI is InChI=1S/C29H30N2O4/c1-4-5-6-21-11-13-23(14-12-21)27(32)31-26(19-22-9-7-20(2)8-10-22)28(33)30-25-17-15-24(16-18-25)29(34)35-3/h7-19H,4-6H2,1-3H3,(H,30,33)(H,31,32). The number of carbonyl (C=O) groups excluding carboxylic acids is 3. The Balaban J connectivity index is 1.80. The van der Waals surface area contributed by atoms with Gasteiger partial charge in [-0.2, -0.15) is 0 Å². The molecular weight excluding hydrogens is 440 g/mol. The highest BCUT2D eigenvalue weighted by molar-refractivity contribution is 6.10. The maximum absolute atomic E-state index is 13.1. The first-order valence-electron chi connectivity index (χ1n) is 11.6. The van der Waals surface area contributed by atoms with Crippen molar-refractivity contribution in [2.75, 3.05) is 12.4 Å². The number of carbonyl (C=O) groups is 3. The number of anilines is 1. The summed E-state index contributed by atoms with van der Waals surface area (Å²) < 4.78 is 4.70. The molecule has 0 unspecified atom stereocenters. The van der Waals surface area contributed by atoms with Crippen molar-refractivity contribution >= 4 is 29.5 Å². The lowest BCUT2D eigenvalue weighted by atomic mass is 10.1. The third-order valence-electron chi connectivity index (χ3n) is 5.48. The zero-order valence-electron chi connectivity index (χ0n) is 20.3. The van der Waals surface area contributed by atoms with Crippen LogP contribution in [0.4, 0.5) is 5.69 Å². The number of unbranched alkanes of at least 4 members (excludes halogenated alkanes) is 1. The monoisotopic (exact) mass is 470 g/mol. The number of esters is 1.